The largest absolute Gasteiger partial charge is 0.455 e. The number of halogens is 1. The Balaban J connectivity index is 1.85. The molecule has 0 aliphatic heterocycles. The molecule has 0 radical (unpaired) electrons. The predicted molar refractivity (Wildman–Crippen MR) is 117 cm³/mol. The molecule has 3 aromatic carbocycles. The summed E-state index contributed by atoms with van der Waals surface area (Å²) in [5.41, 5.74) is 3.01. The van der Waals surface area contributed by atoms with Crippen molar-refractivity contribution >= 4 is 26.9 Å². The van der Waals surface area contributed by atoms with E-state index in [-0.39, 0.29) is 16.6 Å². The fourth-order valence-corrected chi connectivity index (χ4v) is 4.11. The number of carbonyl (C=O) groups is 1. The molecule has 0 saturated carbocycles. The van der Waals surface area contributed by atoms with Gasteiger partial charge < -0.3 is 9.73 Å². The van der Waals surface area contributed by atoms with Crippen LogP contribution in [0.25, 0.3) is 33.4 Å². The normalized spacial score (nSPS) is 11.6. The van der Waals surface area contributed by atoms with E-state index in [1.165, 1.54) is 38.4 Å². The van der Waals surface area contributed by atoms with Crippen molar-refractivity contribution in [3.05, 3.63) is 78.1 Å². The highest BCUT2D eigenvalue weighted by atomic mass is 32.2. The highest BCUT2D eigenvalue weighted by Crippen LogP contribution is 2.36. The molecule has 1 heterocycles. The molecule has 0 unspecified atom stereocenters. The molecule has 31 heavy (non-hydrogen) atoms. The van der Waals surface area contributed by atoms with Crippen molar-refractivity contribution in [1.29, 1.82) is 0 Å². The number of furan rings is 1. The van der Waals surface area contributed by atoms with Gasteiger partial charge in [-0.25, -0.2) is 17.5 Å². The molecule has 1 amide bonds. The Kier molecular flexibility index (Phi) is 5.34. The smallest absolute Gasteiger partial charge is 0.255 e. The van der Waals surface area contributed by atoms with Gasteiger partial charge in [-0.3, -0.25) is 4.79 Å². The van der Waals surface area contributed by atoms with Crippen LogP contribution in [0.3, 0.4) is 0 Å². The zero-order valence-electron chi connectivity index (χ0n) is 16.8. The van der Waals surface area contributed by atoms with Crippen LogP contribution in [0.5, 0.6) is 0 Å². The lowest BCUT2D eigenvalue weighted by Gasteiger charge is -2.06. The first-order valence-corrected chi connectivity index (χ1v) is 10.9. The molecular formula is C23H19FN2O4S. The topological polar surface area (TPSA) is 88.4 Å². The molecular weight excluding hydrogens is 419 g/mol. The molecule has 4 rings (SSSR count). The van der Waals surface area contributed by atoms with Crippen LogP contribution in [0.15, 0.2) is 76.0 Å². The molecule has 0 saturated heterocycles. The van der Waals surface area contributed by atoms with Crippen LogP contribution in [0.2, 0.25) is 0 Å². The summed E-state index contributed by atoms with van der Waals surface area (Å²) < 4.78 is 45.5. The van der Waals surface area contributed by atoms with Gasteiger partial charge in [0.1, 0.15) is 17.2 Å². The van der Waals surface area contributed by atoms with Crippen LogP contribution in [-0.2, 0) is 10.0 Å². The van der Waals surface area contributed by atoms with E-state index in [2.05, 4.69) is 10.0 Å². The summed E-state index contributed by atoms with van der Waals surface area (Å²) in [5.74, 6) is -0.361. The quantitative estimate of drug-likeness (QED) is 0.489. The van der Waals surface area contributed by atoms with Crippen LogP contribution in [0.1, 0.15) is 10.4 Å². The zero-order chi connectivity index (χ0) is 22.2. The minimum atomic E-state index is -3.53. The second-order valence-corrected chi connectivity index (χ2v) is 8.72. The van der Waals surface area contributed by atoms with Gasteiger partial charge in [0.25, 0.3) is 5.91 Å². The molecule has 158 valence electrons. The van der Waals surface area contributed by atoms with Gasteiger partial charge >= 0.3 is 0 Å². The fraction of sp³-hybridized carbons (Fsp3) is 0.0870. The number of fused-ring (bicyclic) bond motifs is 1. The summed E-state index contributed by atoms with van der Waals surface area (Å²) in [4.78, 5) is 12.8. The molecule has 0 aliphatic rings. The lowest BCUT2D eigenvalue weighted by Crippen LogP contribution is -2.18. The Morgan fingerprint density at radius 2 is 1.48 bits per heavy atom. The standard InChI is InChI=1S/C23H19FN2O4S/c1-25-23(27)21-19-13-16(14-5-10-18(11-6-14)31(28,29)26-2)7-12-20(19)30-22(21)15-3-8-17(24)9-4-15/h3-13,26H,1-2H3,(H,25,27). The lowest BCUT2D eigenvalue weighted by molar-refractivity contribution is 0.0964. The van der Waals surface area contributed by atoms with E-state index in [1.54, 1.807) is 30.3 Å². The maximum atomic E-state index is 13.3. The number of benzene rings is 3. The van der Waals surface area contributed by atoms with Crippen LogP contribution in [-0.4, -0.2) is 28.4 Å². The van der Waals surface area contributed by atoms with Crippen molar-refractivity contribution in [3.63, 3.8) is 0 Å². The first-order chi connectivity index (χ1) is 14.8. The van der Waals surface area contributed by atoms with E-state index < -0.39 is 10.0 Å². The second kappa shape index (κ2) is 7.98. The van der Waals surface area contributed by atoms with Crippen molar-refractivity contribution in [2.75, 3.05) is 14.1 Å². The lowest BCUT2D eigenvalue weighted by atomic mass is 10.0. The molecule has 0 fully saturated rings. The van der Waals surface area contributed by atoms with Gasteiger partial charge in [0.2, 0.25) is 10.0 Å². The second-order valence-electron chi connectivity index (χ2n) is 6.84. The Hall–Kier alpha value is -3.49. The summed E-state index contributed by atoms with van der Waals surface area (Å²) in [6.07, 6.45) is 0. The van der Waals surface area contributed by atoms with Crippen LogP contribution in [0.4, 0.5) is 4.39 Å². The van der Waals surface area contributed by atoms with Gasteiger partial charge in [0, 0.05) is 18.0 Å². The van der Waals surface area contributed by atoms with E-state index in [4.69, 9.17) is 4.42 Å². The van der Waals surface area contributed by atoms with E-state index in [0.717, 1.165) is 11.1 Å². The number of carbonyl (C=O) groups excluding carboxylic acids is 1. The monoisotopic (exact) mass is 438 g/mol. The third kappa shape index (κ3) is 3.83. The summed E-state index contributed by atoms with van der Waals surface area (Å²) in [5, 5.41) is 3.22. The van der Waals surface area contributed by atoms with E-state index in [0.29, 0.717) is 27.9 Å². The number of nitrogens with one attached hydrogen (secondary N) is 2. The fourth-order valence-electron chi connectivity index (χ4n) is 3.38. The van der Waals surface area contributed by atoms with Crippen molar-refractivity contribution < 1.29 is 22.0 Å². The molecule has 0 atom stereocenters. The van der Waals surface area contributed by atoms with E-state index >= 15 is 0 Å². The number of amides is 1. The zero-order valence-corrected chi connectivity index (χ0v) is 17.6. The van der Waals surface area contributed by atoms with E-state index in [1.807, 2.05) is 12.1 Å². The van der Waals surface area contributed by atoms with Gasteiger partial charge in [-0.15, -0.1) is 0 Å². The minimum absolute atomic E-state index is 0.160. The predicted octanol–water partition coefficient (Wildman–Crippen LogP) is 4.17. The number of hydrogen-bond acceptors (Lipinski definition) is 4. The average molecular weight is 438 g/mol. The van der Waals surface area contributed by atoms with Crippen molar-refractivity contribution in [2.45, 2.75) is 4.90 Å². The Labute approximate surface area is 178 Å². The van der Waals surface area contributed by atoms with Gasteiger partial charge in [-0.1, -0.05) is 18.2 Å². The molecule has 2 N–H and O–H groups in total. The summed E-state index contributed by atoms with van der Waals surface area (Å²) in [7, 11) is -0.644. The number of hydrogen-bond donors (Lipinski definition) is 2. The van der Waals surface area contributed by atoms with Crippen molar-refractivity contribution in [3.8, 4) is 22.5 Å². The van der Waals surface area contributed by atoms with Crippen molar-refractivity contribution in [2.24, 2.45) is 0 Å². The molecule has 0 spiro atoms. The molecule has 0 aliphatic carbocycles. The van der Waals surface area contributed by atoms with Gasteiger partial charge in [-0.05, 0) is 66.7 Å². The summed E-state index contributed by atoms with van der Waals surface area (Å²) >= 11 is 0. The Bertz CT molecular complexity index is 1380. The third-order valence-electron chi connectivity index (χ3n) is 5.02. The minimum Gasteiger partial charge on any atom is -0.455 e. The highest BCUT2D eigenvalue weighted by Gasteiger charge is 2.22. The van der Waals surface area contributed by atoms with Gasteiger partial charge in [0.05, 0.1) is 10.5 Å². The molecule has 4 aromatic rings. The Morgan fingerprint density at radius 3 is 2.10 bits per heavy atom. The maximum absolute atomic E-state index is 13.3. The maximum Gasteiger partial charge on any atom is 0.255 e. The first kappa shape index (κ1) is 20.8. The molecule has 1 aromatic heterocycles. The number of sulfonamides is 1. The molecule has 8 heteroatoms. The summed E-state index contributed by atoms with van der Waals surface area (Å²) in [6, 6.07) is 17.6. The molecule has 0 bridgehead atoms. The van der Waals surface area contributed by atoms with Gasteiger partial charge in [0.15, 0.2) is 0 Å². The third-order valence-corrected chi connectivity index (χ3v) is 6.45. The van der Waals surface area contributed by atoms with Crippen molar-refractivity contribution in [1.82, 2.24) is 10.0 Å². The van der Waals surface area contributed by atoms with Crippen LogP contribution in [0, 0.1) is 5.82 Å². The summed E-state index contributed by atoms with van der Waals surface area (Å²) in [6.45, 7) is 0. The van der Waals surface area contributed by atoms with E-state index in [9.17, 15) is 17.6 Å². The SMILES string of the molecule is CNC(=O)c1c(-c2ccc(F)cc2)oc2ccc(-c3ccc(S(=O)(=O)NC)cc3)cc12. The van der Waals surface area contributed by atoms with Gasteiger partial charge in [-0.2, -0.15) is 0 Å². The van der Waals surface area contributed by atoms with Crippen LogP contribution >= 0.6 is 0 Å². The molecule has 6 nitrogen and oxygen atoms in total. The average Bonchev–Trinajstić information content (AvgIpc) is 3.17. The Morgan fingerprint density at radius 1 is 0.871 bits per heavy atom. The highest BCUT2D eigenvalue weighted by molar-refractivity contribution is 7.89. The van der Waals surface area contributed by atoms with Crippen LogP contribution < -0.4 is 10.0 Å². The number of rotatable bonds is 5. The first-order valence-electron chi connectivity index (χ1n) is 9.42.